The first-order chi connectivity index (χ1) is 9.11. The largest absolute Gasteiger partial charge is 0.317 e. The van der Waals surface area contributed by atoms with Crippen LogP contribution in [0.4, 0.5) is 5.69 Å². The van der Waals surface area contributed by atoms with Crippen LogP contribution >= 0.6 is 15.9 Å². The molecule has 0 bridgehead atoms. The molecule has 2 atom stereocenters. The Kier molecular flexibility index (Phi) is 4.93. The molecule has 0 saturated heterocycles. The van der Waals surface area contributed by atoms with Crippen molar-refractivity contribution in [3.63, 3.8) is 0 Å². The Balaban J connectivity index is 2.20. The lowest BCUT2D eigenvalue weighted by Gasteiger charge is -2.31. The minimum Gasteiger partial charge on any atom is -0.317 e. The molecule has 5 heteroatoms. The molecule has 0 spiro atoms. The van der Waals surface area contributed by atoms with Crippen molar-refractivity contribution in [1.29, 1.82) is 0 Å². The van der Waals surface area contributed by atoms with Crippen LogP contribution in [0.3, 0.4) is 0 Å². The summed E-state index contributed by atoms with van der Waals surface area (Å²) in [6, 6.07) is 5.85. The lowest BCUT2D eigenvalue weighted by molar-refractivity contribution is -0.385. The summed E-state index contributed by atoms with van der Waals surface area (Å²) in [6.07, 6.45) is 5.59. The highest BCUT2D eigenvalue weighted by atomic mass is 79.9. The van der Waals surface area contributed by atoms with E-state index >= 15 is 0 Å². The van der Waals surface area contributed by atoms with Crippen LogP contribution in [-0.2, 0) is 6.42 Å². The van der Waals surface area contributed by atoms with E-state index in [4.69, 9.17) is 0 Å². The molecular formula is C14H19BrN2O2. The second-order valence-electron chi connectivity index (χ2n) is 5.17. The molecule has 1 aliphatic carbocycles. The summed E-state index contributed by atoms with van der Waals surface area (Å²) < 4.78 is 0.761. The molecule has 0 amide bonds. The zero-order valence-corrected chi connectivity index (χ0v) is 12.6. The Labute approximate surface area is 121 Å². The number of benzene rings is 1. The predicted molar refractivity (Wildman–Crippen MR) is 79.3 cm³/mol. The number of hydrogen-bond donors (Lipinski definition) is 1. The van der Waals surface area contributed by atoms with Crippen LogP contribution in [0.2, 0.25) is 0 Å². The second kappa shape index (κ2) is 6.48. The van der Waals surface area contributed by atoms with Gasteiger partial charge in [-0.3, -0.25) is 10.1 Å². The van der Waals surface area contributed by atoms with Crippen molar-refractivity contribution in [2.24, 2.45) is 5.92 Å². The highest BCUT2D eigenvalue weighted by Gasteiger charge is 2.26. The Morgan fingerprint density at radius 1 is 1.42 bits per heavy atom. The molecule has 2 unspecified atom stereocenters. The molecule has 0 heterocycles. The summed E-state index contributed by atoms with van der Waals surface area (Å²) in [4.78, 5) is 10.9. The number of hydrogen-bond acceptors (Lipinski definition) is 3. The van der Waals surface area contributed by atoms with E-state index in [1.165, 1.54) is 19.3 Å². The minimum atomic E-state index is -0.280. The van der Waals surface area contributed by atoms with Crippen LogP contribution in [0.25, 0.3) is 0 Å². The van der Waals surface area contributed by atoms with Crippen molar-refractivity contribution < 1.29 is 4.92 Å². The predicted octanol–water partition coefficient (Wildman–Crippen LogP) is 3.68. The van der Waals surface area contributed by atoms with Crippen LogP contribution in [0.1, 0.15) is 31.2 Å². The average Bonchev–Trinajstić information content (AvgIpc) is 2.41. The van der Waals surface area contributed by atoms with Gasteiger partial charge in [-0.25, -0.2) is 0 Å². The van der Waals surface area contributed by atoms with Gasteiger partial charge in [0.05, 0.1) is 4.92 Å². The molecule has 1 aromatic rings. The first-order valence-electron chi connectivity index (χ1n) is 6.72. The standard InChI is InChI=1S/C14H19BrN2O2/c1-16-13-5-3-2-4-10(13)8-11-6-7-12(15)9-14(11)17(18)19/h6-7,9-10,13,16H,2-5,8H2,1H3. The molecule has 0 aliphatic heterocycles. The van der Waals surface area contributed by atoms with Gasteiger partial charge in [0.2, 0.25) is 0 Å². The molecular weight excluding hydrogens is 308 g/mol. The van der Waals surface area contributed by atoms with Gasteiger partial charge in [0.25, 0.3) is 5.69 Å². The molecule has 2 rings (SSSR count). The van der Waals surface area contributed by atoms with Crippen molar-refractivity contribution >= 4 is 21.6 Å². The van der Waals surface area contributed by atoms with Crippen LogP contribution in [-0.4, -0.2) is 18.0 Å². The van der Waals surface area contributed by atoms with E-state index in [1.807, 2.05) is 19.2 Å². The number of rotatable bonds is 4. The van der Waals surface area contributed by atoms with Gasteiger partial charge in [-0.2, -0.15) is 0 Å². The number of halogens is 1. The molecule has 1 N–H and O–H groups in total. The summed E-state index contributed by atoms with van der Waals surface area (Å²) in [5, 5.41) is 14.5. The van der Waals surface area contributed by atoms with Crippen LogP contribution < -0.4 is 5.32 Å². The lowest BCUT2D eigenvalue weighted by Crippen LogP contribution is -2.37. The fraction of sp³-hybridized carbons (Fsp3) is 0.571. The summed E-state index contributed by atoms with van der Waals surface area (Å²) >= 11 is 3.30. The normalized spacial score (nSPS) is 23.3. The Morgan fingerprint density at radius 3 is 2.84 bits per heavy atom. The van der Waals surface area contributed by atoms with Crippen LogP contribution in [0.5, 0.6) is 0 Å². The van der Waals surface area contributed by atoms with Gasteiger partial charge in [0.1, 0.15) is 0 Å². The topological polar surface area (TPSA) is 55.2 Å². The van der Waals surface area contributed by atoms with Crippen LogP contribution in [0, 0.1) is 16.0 Å². The molecule has 0 radical (unpaired) electrons. The van der Waals surface area contributed by atoms with Gasteiger partial charge >= 0.3 is 0 Å². The third-order valence-electron chi connectivity index (χ3n) is 4.01. The van der Waals surface area contributed by atoms with E-state index in [0.717, 1.165) is 22.9 Å². The molecule has 19 heavy (non-hydrogen) atoms. The fourth-order valence-electron chi connectivity index (χ4n) is 2.99. The van der Waals surface area contributed by atoms with Crippen molar-refractivity contribution in [2.45, 2.75) is 38.1 Å². The van der Waals surface area contributed by atoms with Gasteiger partial charge in [-0.1, -0.05) is 34.8 Å². The van der Waals surface area contributed by atoms with Crippen LogP contribution in [0.15, 0.2) is 22.7 Å². The van der Waals surface area contributed by atoms with E-state index in [-0.39, 0.29) is 10.6 Å². The van der Waals surface area contributed by atoms with Gasteiger partial charge in [-0.05, 0) is 38.3 Å². The van der Waals surface area contributed by atoms with Gasteiger partial charge in [0.15, 0.2) is 0 Å². The van der Waals surface area contributed by atoms with Gasteiger partial charge < -0.3 is 5.32 Å². The number of nitrogens with zero attached hydrogens (tertiary/aromatic N) is 1. The SMILES string of the molecule is CNC1CCCCC1Cc1ccc(Br)cc1[N+](=O)[O-]. The summed E-state index contributed by atoms with van der Waals surface area (Å²) in [5.41, 5.74) is 1.08. The Morgan fingerprint density at radius 2 is 2.16 bits per heavy atom. The maximum Gasteiger partial charge on any atom is 0.273 e. The van der Waals surface area contributed by atoms with E-state index < -0.39 is 0 Å². The van der Waals surface area contributed by atoms with Crippen molar-refractivity contribution in [3.05, 3.63) is 38.3 Å². The smallest absolute Gasteiger partial charge is 0.273 e. The van der Waals surface area contributed by atoms with Crippen molar-refractivity contribution in [2.75, 3.05) is 7.05 Å². The number of nitro groups is 1. The fourth-order valence-corrected chi connectivity index (χ4v) is 3.34. The Hall–Kier alpha value is -0.940. The zero-order valence-electron chi connectivity index (χ0n) is 11.1. The molecule has 1 fully saturated rings. The highest BCUT2D eigenvalue weighted by molar-refractivity contribution is 9.10. The molecule has 1 aromatic carbocycles. The maximum atomic E-state index is 11.1. The molecule has 1 aliphatic rings. The Bertz CT molecular complexity index is 465. The first-order valence-corrected chi connectivity index (χ1v) is 7.51. The first kappa shape index (κ1) is 14.5. The lowest BCUT2D eigenvalue weighted by atomic mass is 9.80. The monoisotopic (exact) mass is 326 g/mol. The number of nitro benzene ring substituents is 1. The van der Waals surface area contributed by atoms with Gasteiger partial charge in [0, 0.05) is 22.1 Å². The summed E-state index contributed by atoms with van der Waals surface area (Å²) in [5.74, 6) is 0.499. The van der Waals surface area contributed by atoms with Gasteiger partial charge in [-0.15, -0.1) is 0 Å². The molecule has 1 saturated carbocycles. The molecule has 0 aromatic heterocycles. The number of nitrogens with one attached hydrogen (secondary N) is 1. The highest BCUT2D eigenvalue weighted by Crippen LogP contribution is 2.31. The molecule has 104 valence electrons. The van der Waals surface area contributed by atoms with E-state index in [9.17, 15) is 10.1 Å². The van der Waals surface area contributed by atoms with Crippen molar-refractivity contribution in [1.82, 2.24) is 5.32 Å². The second-order valence-corrected chi connectivity index (χ2v) is 6.09. The maximum absolute atomic E-state index is 11.1. The molecule has 4 nitrogen and oxygen atoms in total. The third-order valence-corrected chi connectivity index (χ3v) is 4.50. The average molecular weight is 327 g/mol. The quantitative estimate of drug-likeness (QED) is 0.678. The minimum absolute atomic E-state index is 0.231. The van der Waals surface area contributed by atoms with E-state index in [0.29, 0.717) is 12.0 Å². The third kappa shape index (κ3) is 3.54. The summed E-state index contributed by atoms with van der Waals surface area (Å²) in [6.45, 7) is 0. The van der Waals surface area contributed by atoms with E-state index in [2.05, 4.69) is 21.2 Å². The zero-order chi connectivity index (χ0) is 13.8. The van der Waals surface area contributed by atoms with E-state index in [1.54, 1.807) is 6.07 Å². The van der Waals surface area contributed by atoms with Crippen molar-refractivity contribution in [3.8, 4) is 0 Å². The summed E-state index contributed by atoms with van der Waals surface area (Å²) in [7, 11) is 1.99.